The molecule has 18 heavy (non-hydrogen) atoms. The molecule has 3 N–H and O–H groups in total. The van der Waals surface area contributed by atoms with E-state index in [1.54, 1.807) is 0 Å². The van der Waals surface area contributed by atoms with Crippen molar-refractivity contribution in [3.05, 3.63) is 23.8 Å². The van der Waals surface area contributed by atoms with Gasteiger partial charge in [0, 0.05) is 18.0 Å². The van der Waals surface area contributed by atoms with Crippen molar-refractivity contribution in [2.75, 3.05) is 11.9 Å². The molecule has 0 aliphatic carbocycles. The van der Waals surface area contributed by atoms with E-state index < -0.39 is 0 Å². The second-order valence-corrected chi connectivity index (χ2v) is 5.81. The SMILES string of the molecule is CC(CCCN)Nc1cccc2c1OC(C)(C)C2. The van der Waals surface area contributed by atoms with Crippen LogP contribution >= 0.6 is 0 Å². The van der Waals surface area contributed by atoms with Gasteiger partial charge in [-0.15, -0.1) is 0 Å². The topological polar surface area (TPSA) is 47.3 Å². The van der Waals surface area contributed by atoms with Gasteiger partial charge in [-0.25, -0.2) is 0 Å². The number of fused-ring (bicyclic) bond motifs is 1. The summed E-state index contributed by atoms with van der Waals surface area (Å²) in [6.07, 6.45) is 3.12. The Morgan fingerprint density at radius 3 is 2.94 bits per heavy atom. The highest BCUT2D eigenvalue weighted by Crippen LogP contribution is 2.40. The molecule has 1 atom stereocenters. The molecule has 0 spiro atoms. The number of hydrogen-bond acceptors (Lipinski definition) is 3. The molecule has 2 rings (SSSR count). The second-order valence-electron chi connectivity index (χ2n) is 5.81. The molecule has 1 aromatic carbocycles. The van der Waals surface area contributed by atoms with Crippen LogP contribution in [0.1, 0.15) is 39.2 Å². The van der Waals surface area contributed by atoms with E-state index in [0.717, 1.165) is 37.2 Å². The quantitative estimate of drug-likeness (QED) is 0.842. The van der Waals surface area contributed by atoms with Crippen molar-refractivity contribution in [2.45, 2.75) is 51.7 Å². The summed E-state index contributed by atoms with van der Waals surface area (Å²) in [5.74, 6) is 1.03. The number of para-hydroxylation sites is 1. The third kappa shape index (κ3) is 2.96. The van der Waals surface area contributed by atoms with Gasteiger partial charge in [-0.2, -0.15) is 0 Å². The maximum absolute atomic E-state index is 6.04. The molecule has 3 heteroatoms. The number of benzene rings is 1. The second kappa shape index (κ2) is 5.19. The molecule has 3 nitrogen and oxygen atoms in total. The maximum atomic E-state index is 6.04. The van der Waals surface area contributed by atoms with Crippen molar-refractivity contribution in [3.8, 4) is 5.75 Å². The molecular weight excluding hydrogens is 224 g/mol. The smallest absolute Gasteiger partial charge is 0.146 e. The third-order valence-corrected chi connectivity index (χ3v) is 3.33. The molecule has 0 fully saturated rings. The first-order chi connectivity index (χ1) is 8.52. The number of nitrogens with one attached hydrogen (secondary N) is 1. The molecule has 1 heterocycles. The highest BCUT2D eigenvalue weighted by molar-refractivity contribution is 5.62. The fourth-order valence-corrected chi connectivity index (χ4v) is 2.49. The summed E-state index contributed by atoms with van der Waals surface area (Å²) in [6, 6.07) is 6.77. The van der Waals surface area contributed by atoms with Gasteiger partial charge in [0.05, 0.1) is 5.69 Å². The first-order valence-corrected chi connectivity index (χ1v) is 6.79. The zero-order chi connectivity index (χ0) is 13.2. The number of anilines is 1. The van der Waals surface area contributed by atoms with Gasteiger partial charge in [-0.05, 0) is 46.2 Å². The minimum Gasteiger partial charge on any atom is -0.485 e. The van der Waals surface area contributed by atoms with Crippen LogP contribution < -0.4 is 15.8 Å². The van der Waals surface area contributed by atoms with Crippen molar-refractivity contribution in [1.29, 1.82) is 0 Å². The number of ether oxygens (including phenoxy) is 1. The Hall–Kier alpha value is -1.22. The summed E-state index contributed by atoms with van der Waals surface area (Å²) in [7, 11) is 0. The molecule has 1 aliphatic rings. The summed E-state index contributed by atoms with van der Waals surface area (Å²) >= 11 is 0. The van der Waals surface area contributed by atoms with Gasteiger partial charge < -0.3 is 15.8 Å². The Kier molecular flexibility index (Phi) is 3.81. The van der Waals surface area contributed by atoms with Gasteiger partial charge in [-0.1, -0.05) is 12.1 Å². The molecule has 0 bridgehead atoms. The lowest BCUT2D eigenvalue weighted by atomic mass is 10.0. The van der Waals surface area contributed by atoms with E-state index in [2.05, 4.69) is 44.3 Å². The lowest BCUT2D eigenvalue weighted by molar-refractivity contribution is 0.139. The monoisotopic (exact) mass is 248 g/mol. The molecular formula is C15H24N2O. The maximum Gasteiger partial charge on any atom is 0.146 e. The van der Waals surface area contributed by atoms with Crippen LogP contribution in [-0.4, -0.2) is 18.2 Å². The van der Waals surface area contributed by atoms with Gasteiger partial charge in [0.2, 0.25) is 0 Å². The van der Waals surface area contributed by atoms with E-state index in [4.69, 9.17) is 10.5 Å². The van der Waals surface area contributed by atoms with E-state index in [0.29, 0.717) is 6.04 Å². The summed E-state index contributed by atoms with van der Waals surface area (Å²) in [4.78, 5) is 0. The van der Waals surface area contributed by atoms with E-state index >= 15 is 0 Å². The van der Waals surface area contributed by atoms with E-state index in [9.17, 15) is 0 Å². The first-order valence-electron chi connectivity index (χ1n) is 6.79. The molecule has 0 saturated heterocycles. The summed E-state index contributed by atoms with van der Waals surface area (Å²) in [6.45, 7) is 7.21. The lowest BCUT2D eigenvalue weighted by Crippen LogP contribution is -2.25. The number of rotatable bonds is 5. The van der Waals surface area contributed by atoms with Crippen molar-refractivity contribution in [3.63, 3.8) is 0 Å². The van der Waals surface area contributed by atoms with Crippen molar-refractivity contribution in [1.82, 2.24) is 0 Å². The molecule has 0 amide bonds. The zero-order valence-corrected chi connectivity index (χ0v) is 11.6. The van der Waals surface area contributed by atoms with Crippen LogP contribution in [0.4, 0.5) is 5.69 Å². The molecule has 0 aromatic heterocycles. The van der Waals surface area contributed by atoms with E-state index in [-0.39, 0.29) is 5.60 Å². The third-order valence-electron chi connectivity index (χ3n) is 3.33. The Balaban J connectivity index is 2.09. The normalized spacial score (nSPS) is 18.0. The molecule has 0 saturated carbocycles. The first kappa shape index (κ1) is 13.2. The minimum atomic E-state index is -0.0827. The standard InChI is InChI=1S/C15H24N2O/c1-11(6-5-9-16)17-13-8-4-7-12-10-15(2,3)18-14(12)13/h4,7-8,11,17H,5-6,9-10,16H2,1-3H3. The van der Waals surface area contributed by atoms with Crippen LogP contribution in [0, 0.1) is 0 Å². The molecule has 1 unspecified atom stereocenters. The van der Waals surface area contributed by atoms with Gasteiger partial charge in [0.1, 0.15) is 11.4 Å². The van der Waals surface area contributed by atoms with Crippen LogP contribution in [0.25, 0.3) is 0 Å². The van der Waals surface area contributed by atoms with Crippen molar-refractivity contribution >= 4 is 5.69 Å². The number of hydrogen-bond donors (Lipinski definition) is 2. The van der Waals surface area contributed by atoms with Crippen LogP contribution in [-0.2, 0) is 6.42 Å². The Bertz CT molecular complexity index is 415. The average Bonchev–Trinajstić information content (AvgIpc) is 2.62. The van der Waals surface area contributed by atoms with E-state index in [1.165, 1.54) is 5.56 Å². The Morgan fingerprint density at radius 2 is 2.22 bits per heavy atom. The van der Waals surface area contributed by atoms with Crippen molar-refractivity contribution < 1.29 is 4.74 Å². The van der Waals surface area contributed by atoms with Gasteiger partial charge in [0.15, 0.2) is 0 Å². The highest BCUT2D eigenvalue weighted by atomic mass is 16.5. The van der Waals surface area contributed by atoms with Crippen molar-refractivity contribution in [2.24, 2.45) is 5.73 Å². The Labute approximate surface area is 110 Å². The van der Waals surface area contributed by atoms with Crippen LogP contribution in [0.15, 0.2) is 18.2 Å². The fraction of sp³-hybridized carbons (Fsp3) is 0.600. The number of nitrogens with two attached hydrogens (primary N) is 1. The summed E-state index contributed by atoms with van der Waals surface area (Å²) in [5.41, 5.74) is 7.88. The fourth-order valence-electron chi connectivity index (χ4n) is 2.49. The van der Waals surface area contributed by atoms with E-state index in [1.807, 2.05) is 0 Å². The van der Waals surface area contributed by atoms with Gasteiger partial charge in [-0.3, -0.25) is 0 Å². The summed E-state index contributed by atoms with van der Waals surface area (Å²) in [5, 5.41) is 3.53. The lowest BCUT2D eigenvalue weighted by Gasteiger charge is -2.20. The largest absolute Gasteiger partial charge is 0.485 e. The minimum absolute atomic E-state index is 0.0827. The van der Waals surface area contributed by atoms with Gasteiger partial charge >= 0.3 is 0 Å². The molecule has 1 aromatic rings. The van der Waals surface area contributed by atoms with Gasteiger partial charge in [0.25, 0.3) is 0 Å². The molecule has 1 aliphatic heterocycles. The van der Waals surface area contributed by atoms with Crippen LogP contribution in [0.3, 0.4) is 0 Å². The predicted octanol–water partition coefficient (Wildman–Crippen LogP) is 2.94. The zero-order valence-electron chi connectivity index (χ0n) is 11.6. The molecule has 100 valence electrons. The molecule has 0 radical (unpaired) electrons. The van der Waals surface area contributed by atoms with Crippen LogP contribution in [0.2, 0.25) is 0 Å². The summed E-state index contributed by atoms with van der Waals surface area (Å²) < 4.78 is 6.04. The Morgan fingerprint density at radius 1 is 1.44 bits per heavy atom. The van der Waals surface area contributed by atoms with Crippen LogP contribution in [0.5, 0.6) is 5.75 Å². The highest BCUT2D eigenvalue weighted by Gasteiger charge is 2.31. The average molecular weight is 248 g/mol. The predicted molar refractivity (Wildman–Crippen MR) is 76.2 cm³/mol.